The van der Waals surface area contributed by atoms with Crippen LogP contribution in [-0.4, -0.2) is 9.55 Å². The molecule has 4 nitrogen and oxygen atoms in total. The molecule has 0 aliphatic heterocycles. The monoisotopic (exact) mass is 323 g/mol. The molecule has 0 fully saturated rings. The van der Waals surface area contributed by atoms with Crippen LogP contribution >= 0.6 is 11.3 Å². The van der Waals surface area contributed by atoms with Gasteiger partial charge in [0, 0.05) is 17.0 Å². The van der Waals surface area contributed by atoms with Gasteiger partial charge in [-0.1, -0.05) is 18.2 Å². The summed E-state index contributed by atoms with van der Waals surface area (Å²) >= 11 is 1.54. The molecule has 116 valence electrons. The Labute approximate surface area is 138 Å². The molecule has 0 bridgehead atoms. The van der Waals surface area contributed by atoms with Crippen molar-refractivity contribution in [3.8, 4) is 17.2 Å². The number of nitriles is 1. The largest absolute Gasteiger partial charge is 0.298 e. The predicted octanol–water partition coefficient (Wildman–Crippen LogP) is 3.96. The zero-order valence-electron chi connectivity index (χ0n) is 13.4. The average Bonchev–Trinajstić information content (AvgIpc) is 2.86. The van der Waals surface area contributed by atoms with Gasteiger partial charge in [0.2, 0.25) is 0 Å². The maximum atomic E-state index is 12.8. The Morgan fingerprint density at radius 1 is 1.26 bits per heavy atom. The fourth-order valence-corrected chi connectivity index (χ4v) is 3.72. The van der Waals surface area contributed by atoms with E-state index in [0.29, 0.717) is 18.4 Å². The number of fused-ring (bicyclic) bond motifs is 1. The average molecular weight is 323 g/mol. The van der Waals surface area contributed by atoms with Crippen LogP contribution in [0.1, 0.15) is 22.4 Å². The molecule has 5 heteroatoms. The third-order valence-electron chi connectivity index (χ3n) is 4.11. The van der Waals surface area contributed by atoms with Crippen LogP contribution in [0.25, 0.3) is 21.3 Å². The van der Waals surface area contributed by atoms with Crippen LogP contribution in [0.5, 0.6) is 0 Å². The van der Waals surface area contributed by atoms with E-state index in [1.54, 1.807) is 17.7 Å². The van der Waals surface area contributed by atoms with Crippen molar-refractivity contribution in [1.82, 2.24) is 9.55 Å². The lowest BCUT2D eigenvalue weighted by Gasteiger charge is -2.07. The lowest BCUT2D eigenvalue weighted by atomic mass is 9.99. The normalized spacial score (nSPS) is 10.9. The Morgan fingerprint density at radius 3 is 2.74 bits per heavy atom. The predicted molar refractivity (Wildman–Crippen MR) is 93.8 cm³/mol. The lowest BCUT2D eigenvalue weighted by molar-refractivity contribution is 0.679. The Balaban J connectivity index is 2.27. The molecule has 23 heavy (non-hydrogen) atoms. The molecule has 0 saturated heterocycles. The summed E-state index contributed by atoms with van der Waals surface area (Å²) < 4.78 is 1.53. The highest BCUT2D eigenvalue weighted by Gasteiger charge is 2.17. The van der Waals surface area contributed by atoms with Gasteiger partial charge < -0.3 is 0 Å². The van der Waals surface area contributed by atoms with E-state index in [0.717, 1.165) is 20.8 Å². The molecular formula is C18H17N3OS. The zero-order valence-corrected chi connectivity index (χ0v) is 14.2. The van der Waals surface area contributed by atoms with Crippen LogP contribution in [0.15, 0.2) is 29.3 Å². The molecule has 0 amide bonds. The molecular weight excluding hydrogens is 306 g/mol. The molecule has 2 aromatic heterocycles. The Hall–Kier alpha value is -2.45. The van der Waals surface area contributed by atoms with Crippen molar-refractivity contribution in [3.05, 3.63) is 50.9 Å². The first-order valence-electron chi connectivity index (χ1n) is 7.46. The van der Waals surface area contributed by atoms with E-state index >= 15 is 0 Å². The van der Waals surface area contributed by atoms with Crippen LogP contribution < -0.4 is 5.56 Å². The topological polar surface area (TPSA) is 58.7 Å². The molecule has 0 saturated carbocycles. The molecule has 0 atom stereocenters. The van der Waals surface area contributed by atoms with Gasteiger partial charge in [0.25, 0.3) is 5.56 Å². The lowest BCUT2D eigenvalue weighted by Crippen LogP contribution is -2.20. The standard InChI is InChI=1S/C18H17N3OS/c1-11-5-6-14(9-12(11)2)15-13(3)23-17-16(15)18(22)21(10-20-17)8-4-7-19/h5-6,9-10H,4,8H2,1-3H3. The van der Waals surface area contributed by atoms with Crippen molar-refractivity contribution in [2.75, 3.05) is 0 Å². The van der Waals surface area contributed by atoms with Crippen molar-refractivity contribution in [1.29, 1.82) is 5.26 Å². The number of hydrogen-bond acceptors (Lipinski definition) is 4. The van der Waals surface area contributed by atoms with Gasteiger partial charge in [0.05, 0.1) is 24.2 Å². The Kier molecular flexibility index (Phi) is 4.01. The smallest absolute Gasteiger partial charge is 0.262 e. The van der Waals surface area contributed by atoms with Crippen LogP contribution in [-0.2, 0) is 6.54 Å². The summed E-state index contributed by atoms with van der Waals surface area (Å²) in [6, 6.07) is 8.33. The van der Waals surface area contributed by atoms with E-state index in [-0.39, 0.29) is 5.56 Å². The molecule has 0 aliphatic carbocycles. The molecule has 0 aliphatic rings. The fourth-order valence-electron chi connectivity index (χ4n) is 2.71. The number of hydrogen-bond donors (Lipinski definition) is 0. The number of benzene rings is 1. The molecule has 0 N–H and O–H groups in total. The van der Waals surface area contributed by atoms with E-state index in [9.17, 15) is 4.79 Å². The minimum absolute atomic E-state index is 0.0668. The van der Waals surface area contributed by atoms with Gasteiger partial charge in [-0.2, -0.15) is 5.26 Å². The van der Waals surface area contributed by atoms with E-state index in [2.05, 4.69) is 43.1 Å². The number of thiophene rings is 1. The second kappa shape index (κ2) is 5.98. The highest BCUT2D eigenvalue weighted by atomic mass is 32.1. The van der Waals surface area contributed by atoms with Crippen LogP contribution in [0, 0.1) is 32.1 Å². The molecule has 0 spiro atoms. The number of rotatable bonds is 3. The van der Waals surface area contributed by atoms with Crippen molar-refractivity contribution in [2.24, 2.45) is 0 Å². The van der Waals surface area contributed by atoms with Crippen LogP contribution in [0.2, 0.25) is 0 Å². The highest BCUT2D eigenvalue weighted by molar-refractivity contribution is 7.19. The van der Waals surface area contributed by atoms with Gasteiger partial charge in [0.15, 0.2) is 0 Å². The van der Waals surface area contributed by atoms with Gasteiger partial charge in [-0.3, -0.25) is 9.36 Å². The summed E-state index contributed by atoms with van der Waals surface area (Å²) in [7, 11) is 0. The van der Waals surface area contributed by atoms with Gasteiger partial charge in [-0.25, -0.2) is 4.98 Å². The first-order chi connectivity index (χ1) is 11.0. The van der Waals surface area contributed by atoms with Crippen LogP contribution in [0.3, 0.4) is 0 Å². The summed E-state index contributed by atoms with van der Waals surface area (Å²) in [4.78, 5) is 19.1. The molecule has 3 aromatic rings. The third-order valence-corrected chi connectivity index (χ3v) is 5.13. The number of aromatic nitrogens is 2. The van der Waals surface area contributed by atoms with Gasteiger partial charge >= 0.3 is 0 Å². The Morgan fingerprint density at radius 2 is 2.04 bits per heavy atom. The quantitative estimate of drug-likeness (QED) is 0.733. The second-order valence-electron chi connectivity index (χ2n) is 5.66. The summed E-state index contributed by atoms with van der Waals surface area (Å²) in [6.45, 7) is 6.55. The van der Waals surface area contributed by atoms with E-state index in [1.807, 2.05) is 6.92 Å². The molecule has 3 rings (SSSR count). The van der Waals surface area contributed by atoms with Crippen LogP contribution in [0.4, 0.5) is 0 Å². The van der Waals surface area contributed by atoms with Gasteiger partial charge in [0.1, 0.15) is 4.83 Å². The van der Waals surface area contributed by atoms with Crippen molar-refractivity contribution in [3.63, 3.8) is 0 Å². The zero-order chi connectivity index (χ0) is 16.6. The summed E-state index contributed by atoms with van der Waals surface area (Å²) in [5, 5.41) is 9.40. The van der Waals surface area contributed by atoms with Crippen molar-refractivity contribution < 1.29 is 0 Å². The van der Waals surface area contributed by atoms with E-state index in [4.69, 9.17) is 5.26 Å². The first-order valence-corrected chi connectivity index (χ1v) is 8.27. The van der Waals surface area contributed by atoms with E-state index in [1.165, 1.54) is 15.7 Å². The van der Waals surface area contributed by atoms with Gasteiger partial charge in [-0.15, -0.1) is 11.3 Å². The van der Waals surface area contributed by atoms with Crippen molar-refractivity contribution in [2.45, 2.75) is 33.7 Å². The minimum atomic E-state index is -0.0668. The van der Waals surface area contributed by atoms with E-state index < -0.39 is 0 Å². The molecule has 0 radical (unpaired) electrons. The van der Waals surface area contributed by atoms with Crippen molar-refractivity contribution >= 4 is 21.6 Å². The number of aryl methyl sites for hydroxylation is 4. The molecule has 2 heterocycles. The summed E-state index contributed by atoms with van der Waals surface area (Å²) in [5.74, 6) is 0. The SMILES string of the molecule is Cc1ccc(-c2c(C)sc3ncn(CCC#N)c(=O)c23)cc1C. The summed E-state index contributed by atoms with van der Waals surface area (Å²) in [6.07, 6.45) is 1.84. The molecule has 0 unspecified atom stereocenters. The maximum absolute atomic E-state index is 12.8. The first kappa shape index (κ1) is 15.4. The fraction of sp³-hybridized carbons (Fsp3) is 0.278. The third kappa shape index (κ3) is 2.66. The van der Waals surface area contributed by atoms with Gasteiger partial charge in [-0.05, 0) is 37.5 Å². The summed E-state index contributed by atoms with van der Waals surface area (Å²) in [5.41, 5.74) is 4.39. The molecule has 1 aromatic carbocycles. The number of nitrogens with zero attached hydrogens (tertiary/aromatic N) is 3. The maximum Gasteiger partial charge on any atom is 0.262 e. The Bertz CT molecular complexity index is 992. The second-order valence-corrected chi connectivity index (χ2v) is 6.87. The highest BCUT2D eigenvalue weighted by Crippen LogP contribution is 2.36. The minimum Gasteiger partial charge on any atom is -0.298 e.